The lowest BCUT2D eigenvalue weighted by Gasteiger charge is -2.49. The van der Waals surface area contributed by atoms with Crippen molar-refractivity contribution >= 4 is 11.4 Å². The number of rotatable bonds is 6. The Balaban J connectivity index is 1.99. The van der Waals surface area contributed by atoms with E-state index < -0.39 is 5.60 Å². The summed E-state index contributed by atoms with van der Waals surface area (Å²) in [5.41, 5.74) is 4.10. The molecule has 2 aromatic carbocycles. The normalized spacial score (nSPS) is 28.8. The standard InChI is InChI=1S/C26H37N3O/c1-8-17-26(30)18(2)24(20-9-13-22(14-10-20)28(4)5)27-25(19(26)3)21-11-15-23(16-12-21)29(6)7/h8-16,18-19,24-25,27,30H,1,17H2,2-7H3/p+1/t18-,19-,24-,25-/m0/s1. The zero-order valence-corrected chi connectivity index (χ0v) is 19.3. The number of anilines is 2. The number of nitrogens with two attached hydrogens (primary N) is 1. The van der Waals surface area contributed by atoms with Gasteiger partial charge in [-0.2, -0.15) is 0 Å². The van der Waals surface area contributed by atoms with Gasteiger partial charge in [-0.3, -0.25) is 0 Å². The van der Waals surface area contributed by atoms with Gasteiger partial charge in [-0.1, -0.05) is 44.2 Å². The highest BCUT2D eigenvalue weighted by molar-refractivity contribution is 5.47. The highest BCUT2D eigenvalue weighted by Crippen LogP contribution is 2.44. The van der Waals surface area contributed by atoms with Crippen LogP contribution in [0.4, 0.5) is 11.4 Å². The van der Waals surface area contributed by atoms with Crippen molar-refractivity contribution in [2.24, 2.45) is 11.8 Å². The van der Waals surface area contributed by atoms with E-state index in [1.165, 1.54) is 22.5 Å². The van der Waals surface area contributed by atoms with Gasteiger partial charge in [0.15, 0.2) is 0 Å². The predicted octanol–water partition coefficient (Wildman–Crippen LogP) is 3.76. The maximum atomic E-state index is 11.8. The molecule has 4 heteroatoms. The van der Waals surface area contributed by atoms with Crippen LogP contribution in [-0.2, 0) is 0 Å². The van der Waals surface area contributed by atoms with Crippen LogP contribution in [0.2, 0.25) is 0 Å². The lowest BCUT2D eigenvalue weighted by molar-refractivity contribution is -0.764. The number of quaternary nitrogens is 1. The second-order valence-electron chi connectivity index (χ2n) is 9.28. The molecule has 30 heavy (non-hydrogen) atoms. The quantitative estimate of drug-likeness (QED) is 0.716. The van der Waals surface area contributed by atoms with E-state index >= 15 is 0 Å². The van der Waals surface area contributed by atoms with E-state index in [2.05, 4.69) is 112 Å². The van der Waals surface area contributed by atoms with Crippen molar-refractivity contribution in [2.75, 3.05) is 38.0 Å². The molecule has 0 aromatic heterocycles. The Kier molecular flexibility index (Phi) is 6.59. The molecule has 3 rings (SSSR count). The molecule has 0 aliphatic carbocycles. The summed E-state index contributed by atoms with van der Waals surface area (Å²) in [5.74, 6) is 0.209. The van der Waals surface area contributed by atoms with Crippen molar-refractivity contribution in [3.8, 4) is 0 Å². The van der Waals surface area contributed by atoms with Crippen molar-refractivity contribution in [1.82, 2.24) is 0 Å². The van der Waals surface area contributed by atoms with Crippen LogP contribution >= 0.6 is 0 Å². The van der Waals surface area contributed by atoms with E-state index in [-0.39, 0.29) is 23.9 Å². The molecule has 4 atom stereocenters. The van der Waals surface area contributed by atoms with Crippen molar-refractivity contribution in [2.45, 2.75) is 38.0 Å². The molecule has 1 fully saturated rings. The van der Waals surface area contributed by atoms with E-state index in [4.69, 9.17) is 0 Å². The van der Waals surface area contributed by atoms with Crippen molar-refractivity contribution < 1.29 is 10.4 Å². The average molecular weight is 409 g/mol. The van der Waals surface area contributed by atoms with Crippen LogP contribution in [0, 0.1) is 11.8 Å². The second-order valence-corrected chi connectivity index (χ2v) is 9.28. The molecule has 0 radical (unpaired) electrons. The molecule has 0 amide bonds. The van der Waals surface area contributed by atoms with Gasteiger partial charge in [-0.25, -0.2) is 0 Å². The molecule has 0 saturated carbocycles. The Hall–Kier alpha value is -2.30. The van der Waals surface area contributed by atoms with Crippen LogP contribution < -0.4 is 15.1 Å². The van der Waals surface area contributed by atoms with Gasteiger partial charge in [-0.05, 0) is 30.7 Å². The maximum absolute atomic E-state index is 11.8. The molecule has 1 saturated heterocycles. The number of nitrogens with zero attached hydrogens (tertiary/aromatic N) is 2. The van der Waals surface area contributed by atoms with Crippen LogP contribution in [0.25, 0.3) is 0 Å². The number of hydrogen-bond acceptors (Lipinski definition) is 3. The lowest BCUT2D eigenvalue weighted by atomic mass is 9.64. The summed E-state index contributed by atoms with van der Waals surface area (Å²) >= 11 is 0. The number of aliphatic hydroxyl groups is 1. The van der Waals surface area contributed by atoms with Gasteiger partial charge in [0, 0.05) is 62.5 Å². The summed E-state index contributed by atoms with van der Waals surface area (Å²) in [6.45, 7) is 8.32. The van der Waals surface area contributed by atoms with Crippen LogP contribution in [0.1, 0.15) is 43.5 Å². The highest BCUT2D eigenvalue weighted by Gasteiger charge is 2.53. The second kappa shape index (κ2) is 8.83. The molecular weight excluding hydrogens is 370 g/mol. The van der Waals surface area contributed by atoms with Gasteiger partial charge in [0.2, 0.25) is 0 Å². The fraction of sp³-hybridized carbons (Fsp3) is 0.462. The smallest absolute Gasteiger partial charge is 0.117 e. The van der Waals surface area contributed by atoms with E-state index in [1.54, 1.807) is 0 Å². The third-order valence-corrected chi connectivity index (χ3v) is 7.13. The fourth-order valence-electron chi connectivity index (χ4n) is 4.99. The van der Waals surface area contributed by atoms with E-state index in [9.17, 15) is 5.11 Å². The largest absolute Gasteiger partial charge is 0.388 e. The molecule has 162 valence electrons. The molecule has 1 aliphatic heterocycles. The summed E-state index contributed by atoms with van der Waals surface area (Å²) in [6.07, 6.45) is 2.47. The van der Waals surface area contributed by atoms with Crippen LogP contribution in [-0.4, -0.2) is 38.9 Å². The summed E-state index contributed by atoms with van der Waals surface area (Å²) < 4.78 is 0. The number of benzene rings is 2. The molecular formula is C26H38N3O+. The van der Waals surface area contributed by atoms with Gasteiger partial charge in [0.05, 0.1) is 5.60 Å². The zero-order valence-electron chi connectivity index (χ0n) is 19.3. The van der Waals surface area contributed by atoms with Gasteiger partial charge >= 0.3 is 0 Å². The first-order valence-electron chi connectivity index (χ1n) is 10.9. The lowest BCUT2D eigenvalue weighted by Crippen LogP contribution is -2.93. The first-order valence-corrected chi connectivity index (χ1v) is 10.9. The highest BCUT2D eigenvalue weighted by atomic mass is 16.3. The summed E-state index contributed by atoms with van der Waals surface area (Å²) in [6, 6.07) is 17.9. The Morgan fingerprint density at radius 2 is 1.20 bits per heavy atom. The first-order chi connectivity index (χ1) is 14.2. The van der Waals surface area contributed by atoms with Crippen LogP contribution in [0.5, 0.6) is 0 Å². The minimum atomic E-state index is -0.799. The molecule has 1 heterocycles. The van der Waals surface area contributed by atoms with Crippen molar-refractivity contribution in [3.63, 3.8) is 0 Å². The Labute approximate surface area is 182 Å². The summed E-state index contributed by atoms with van der Waals surface area (Å²) in [5, 5.41) is 14.3. The molecule has 4 nitrogen and oxygen atoms in total. The number of hydrogen-bond donors (Lipinski definition) is 2. The molecule has 0 unspecified atom stereocenters. The zero-order chi connectivity index (χ0) is 22.1. The van der Waals surface area contributed by atoms with Gasteiger partial charge in [0.25, 0.3) is 0 Å². The van der Waals surface area contributed by atoms with Crippen molar-refractivity contribution in [3.05, 3.63) is 72.3 Å². The van der Waals surface area contributed by atoms with Gasteiger partial charge in [-0.15, -0.1) is 6.58 Å². The Bertz CT molecular complexity index is 778. The topological polar surface area (TPSA) is 43.3 Å². The summed E-state index contributed by atoms with van der Waals surface area (Å²) in [7, 11) is 8.23. The SMILES string of the molecule is C=CCC1(O)[C@@H](C)[C@@H](c2ccc(N(C)C)cc2)[NH2+][C@H](c2ccc(N(C)C)cc2)[C@@H]1C. The fourth-order valence-corrected chi connectivity index (χ4v) is 4.99. The minimum absolute atomic E-state index is 0.105. The molecule has 2 aromatic rings. The monoisotopic (exact) mass is 408 g/mol. The van der Waals surface area contributed by atoms with Crippen molar-refractivity contribution in [1.29, 1.82) is 0 Å². The molecule has 1 aliphatic rings. The van der Waals surface area contributed by atoms with Gasteiger partial charge in [0.1, 0.15) is 12.1 Å². The van der Waals surface area contributed by atoms with Gasteiger partial charge < -0.3 is 20.2 Å². The third kappa shape index (κ3) is 4.12. The predicted molar refractivity (Wildman–Crippen MR) is 127 cm³/mol. The molecule has 0 spiro atoms. The van der Waals surface area contributed by atoms with Crippen LogP contribution in [0.3, 0.4) is 0 Å². The Morgan fingerprint density at radius 3 is 1.50 bits per heavy atom. The maximum Gasteiger partial charge on any atom is 0.117 e. The van der Waals surface area contributed by atoms with E-state index in [0.717, 1.165) is 0 Å². The Morgan fingerprint density at radius 1 is 0.833 bits per heavy atom. The average Bonchev–Trinajstić information content (AvgIpc) is 2.73. The number of piperidine rings is 1. The van der Waals surface area contributed by atoms with E-state index in [0.29, 0.717) is 6.42 Å². The van der Waals surface area contributed by atoms with Crippen LogP contribution in [0.15, 0.2) is 61.2 Å². The minimum Gasteiger partial charge on any atom is -0.388 e. The molecule has 3 N–H and O–H groups in total. The first kappa shape index (κ1) is 22.4. The summed E-state index contributed by atoms with van der Waals surface area (Å²) in [4.78, 5) is 4.23. The van der Waals surface area contributed by atoms with E-state index in [1.807, 2.05) is 6.08 Å². The third-order valence-electron chi connectivity index (χ3n) is 7.13. The molecule has 0 bridgehead atoms.